The smallest absolute Gasteiger partial charge is 0.244 e. The molecule has 10 nitrogen and oxygen atoms in total. The fraction of sp³-hybridized carbons (Fsp3) is 0.414. The third-order valence-corrected chi connectivity index (χ3v) is 7.34. The molecule has 0 saturated carbocycles. The van der Waals surface area contributed by atoms with Crippen LogP contribution in [-0.4, -0.2) is 97.2 Å². The number of aromatic amines is 1. The van der Waals surface area contributed by atoms with Gasteiger partial charge in [-0.1, -0.05) is 6.07 Å². The number of nitrogens with zero attached hydrogens (tertiary/aromatic N) is 5. The molecule has 3 aromatic rings. The summed E-state index contributed by atoms with van der Waals surface area (Å²) in [5.41, 5.74) is 3.76. The number of fused-ring (bicyclic) bond motifs is 1. The number of pyridine rings is 1. The van der Waals surface area contributed by atoms with Crippen molar-refractivity contribution in [2.75, 3.05) is 53.0 Å². The standard InChI is InChI=1S/C29H33N7O3/c1-35-6-8-36(9-7-35)28(37)19-32-16-23(15-31)22-13-25-26(18-34-29(25)33-17-22)20-2-3-27(21(12-20)14-30)39-24-4-10-38-11-5-24/h2-3,12-13,15-18,23-24,31H,4-11,19H2,1H3,(H,33,34). The first kappa shape index (κ1) is 26.5. The molecule has 2 aliphatic heterocycles. The molecule has 2 aliphatic rings. The number of likely N-dealkylation sites (N-methyl/N-ethyl adjacent to an activating group) is 1. The lowest BCUT2D eigenvalue weighted by Gasteiger charge is -2.32. The van der Waals surface area contributed by atoms with E-state index in [1.165, 1.54) is 6.21 Å². The number of rotatable bonds is 8. The Kier molecular flexibility index (Phi) is 8.30. The Morgan fingerprint density at radius 1 is 1.31 bits per heavy atom. The number of hydrogen-bond donors (Lipinski definition) is 2. The Balaban J connectivity index is 1.33. The van der Waals surface area contributed by atoms with E-state index in [1.54, 1.807) is 12.4 Å². The number of aliphatic imine (C=N–C) groups is 1. The lowest BCUT2D eigenvalue weighted by molar-refractivity contribution is -0.131. The highest BCUT2D eigenvalue weighted by Crippen LogP contribution is 2.33. The second-order valence-corrected chi connectivity index (χ2v) is 9.99. The van der Waals surface area contributed by atoms with Gasteiger partial charge in [-0.25, -0.2) is 4.98 Å². The molecule has 0 bridgehead atoms. The summed E-state index contributed by atoms with van der Waals surface area (Å²) >= 11 is 0. The van der Waals surface area contributed by atoms with Crippen molar-refractivity contribution in [2.24, 2.45) is 4.99 Å². The second-order valence-electron chi connectivity index (χ2n) is 9.99. The van der Waals surface area contributed by atoms with Gasteiger partial charge in [-0.05, 0) is 36.4 Å². The van der Waals surface area contributed by atoms with Crippen molar-refractivity contribution in [1.82, 2.24) is 19.8 Å². The molecule has 10 heteroatoms. The van der Waals surface area contributed by atoms with E-state index < -0.39 is 5.92 Å². The van der Waals surface area contributed by atoms with Gasteiger partial charge < -0.3 is 29.7 Å². The zero-order valence-electron chi connectivity index (χ0n) is 22.1. The Labute approximate surface area is 227 Å². The van der Waals surface area contributed by atoms with Crippen LogP contribution in [-0.2, 0) is 9.53 Å². The van der Waals surface area contributed by atoms with Crippen LogP contribution in [0.3, 0.4) is 0 Å². The maximum Gasteiger partial charge on any atom is 0.244 e. The van der Waals surface area contributed by atoms with Crippen molar-refractivity contribution in [3.8, 4) is 22.9 Å². The molecule has 1 amide bonds. The predicted molar refractivity (Wildman–Crippen MR) is 150 cm³/mol. The predicted octanol–water partition coefficient (Wildman–Crippen LogP) is 3.24. The number of H-pyrrole nitrogens is 1. The van der Waals surface area contributed by atoms with Crippen molar-refractivity contribution < 1.29 is 14.3 Å². The third-order valence-electron chi connectivity index (χ3n) is 7.34. The summed E-state index contributed by atoms with van der Waals surface area (Å²) in [6.07, 6.45) is 8.21. The second kappa shape index (κ2) is 12.2. The van der Waals surface area contributed by atoms with E-state index in [0.717, 1.165) is 48.0 Å². The first-order chi connectivity index (χ1) is 19.1. The molecule has 4 heterocycles. The van der Waals surface area contributed by atoms with E-state index in [2.05, 4.69) is 33.0 Å². The zero-order valence-corrected chi connectivity index (χ0v) is 22.1. The van der Waals surface area contributed by atoms with Crippen LogP contribution >= 0.6 is 0 Å². The van der Waals surface area contributed by atoms with Crippen LogP contribution in [0.5, 0.6) is 5.75 Å². The zero-order chi connectivity index (χ0) is 27.2. The summed E-state index contributed by atoms with van der Waals surface area (Å²) in [6, 6.07) is 9.89. The summed E-state index contributed by atoms with van der Waals surface area (Å²) in [6.45, 7) is 4.57. The minimum absolute atomic E-state index is 0.00196. The van der Waals surface area contributed by atoms with Crippen LogP contribution in [0.1, 0.15) is 29.9 Å². The van der Waals surface area contributed by atoms with Crippen LogP contribution < -0.4 is 4.74 Å². The van der Waals surface area contributed by atoms with Gasteiger partial charge in [0.15, 0.2) is 0 Å². The van der Waals surface area contributed by atoms with E-state index in [1.807, 2.05) is 35.4 Å². The van der Waals surface area contributed by atoms with Crippen LogP contribution in [0, 0.1) is 16.7 Å². The molecule has 5 rings (SSSR count). The lowest BCUT2D eigenvalue weighted by Crippen LogP contribution is -2.47. The summed E-state index contributed by atoms with van der Waals surface area (Å²) in [5, 5.41) is 18.6. The highest BCUT2D eigenvalue weighted by Gasteiger charge is 2.20. The highest BCUT2D eigenvalue weighted by molar-refractivity contribution is 5.96. The fourth-order valence-corrected chi connectivity index (χ4v) is 4.93. The van der Waals surface area contributed by atoms with E-state index in [9.17, 15) is 10.1 Å². The van der Waals surface area contributed by atoms with E-state index >= 15 is 0 Å². The average Bonchev–Trinajstić information content (AvgIpc) is 3.40. The minimum Gasteiger partial charge on any atom is -0.489 e. The van der Waals surface area contributed by atoms with Gasteiger partial charge in [0.05, 0.1) is 24.7 Å². The number of benzene rings is 1. The quantitative estimate of drug-likeness (QED) is 0.433. The molecule has 0 radical (unpaired) electrons. The van der Waals surface area contributed by atoms with E-state index in [4.69, 9.17) is 14.9 Å². The van der Waals surface area contributed by atoms with Crippen molar-refractivity contribution in [2.45, 2.75) is 24.9 Å². The monoisotopic (exact) mass is 527 g/mol. The first-order valence-corrected chi connectivity index (χ1v) is 13.3. The van der Waals surface area contributed by atoms with E-state index in [0.29, 0.717) is 43.3 Å². The van der Waals surface area contributed by atoms with Gasteiger partial charge in [-0.15, -0.1) is 0 Å². The molecular weight excluding hydrogens is 494 g/mol. The maximum absolute atomic E-state index is 12.5. The normalized spacial score (nSPS) is 17.8. The SMILES string of the molecule is CN1CCN(C(=O)CN=CC(C=N)c2cnc3[nH]cc(-c4ccc(OC5CCOCC5)c(C#N)c4)c3c2)CC1. The number of nitrogens with one attached hydrogen (secondary N) is 2. The number of nitriles is 1. The molecule has 2 N–H and O–H groups in total. The maximum atomic E-state index is 12.5. The third kappa shape index (κ3) is 6.16. The minimum atomic E-state index is -0.408. The molecule has 1 aromatic carbocycles. The van der Waals surface area contributed by atoms with Gasteiger partial charge in [0.1, 0.15) is 30.1 Å². The summed E-state index contributed by atoms with van der Waals surface area (Å²) in [7, 11) is 2.05. The summed E-state index contributed by atoms with van der Waals surface area (Å²) in [5.74, 6) is 0.176. The summed E-state index contributed by atoms with van der Waals surface area (Å²) < 4.78 is 11.5. The molecule has 2 aromatic heterocycles. The number of piperazine rings is 1. The fourth-order valence-electron chi connectivity index (χ4n) is 4.93. The largest absolute Gasteiger partial charge is 0.489 e. The van der Waals surface area contributed by atoms with Crippen LogP contribution in [0.15, 0.2) is 41.7 Å². The first-order valence-electron chi connectivity index (χ1n) is 13.3. The summed E-state index contributed by atoms with van der Waals surface area (Å²) in [4.78, 5) is 28.7. The molecule has 2 saturated heterocycles. The molecule has 202 valence electrons. The van der Waals surface area contributed by atoms with Crippen molar-refractivity contribution in [1.29, 1.82) is 10.7 Å². The van der Waals surface area contributed by atoms with E-state index in [-0.39, 0.29) is 18.6 Å². The topological polar surface area (TPSA) is 131 Å². The number of ether oxygens (including phenoxy) is 2. The van der Waals surface area contributed by atoms with Crippen molar-refractivity contribution in [3.05, 3.63) is 47.8 Å². The molecule has 0 aliphatic carbocycles. The number of aromatic nitrogens is 2. The Bertz CT molecular complexity index is 1400. The number of carbonyl (C=O) groups is 1. The molecule has 39 heavy (non-hydrogen) atoms. The Hall–Kier alpha value is -4.07. The number of amides is 1. The van der Waals surface area contributed by atoms with Gasteiger partial charge >= 0.3 is 0 Å². The van der Waals surface area contributed by atoms with Gasteiger partial charge in [0.2, 0.25) is 5.91 Å². The van der Waals surface area contributed by atoms with Crippen LogP contribution in [0.25, 0.3) is 22.2 Å². The van der Waals surface area contributed by atoms with Gasteiger partial charge in [0, 0.05) is 74.8 Å². The Morgan fingerprint density at radius 2 is 2.10 bits per heavy atom. The Morgan fingerprint density at radius 3 is 2.85 bits per heavy atom. The van der Waals surface area contributed by atoms with Gasteiger partial charge in [0.25, 0.3) is 0 Å². The van der Waals surface area contributed by atoms with Gasteiger partial charge in [-0.2, -0.15) is 5.26 Å². The van der Waals surface area contributed by atoms with Crippen molar-refractivity contribution in [3.63, 3.8) is 0 Å². The molecule has 1 atom stereocenters. The molecule has 0 spiro atoms. The van der Waals surface area contributed by atoms with Gasteiger partial charge in [-0.3, -0.25) is 9.79 Å². The lowest BCUT2D eigenvalue weighted by atomic mass is 9.99. The molecule has 1 unspecified atom stereocenters. The van der Waals surface area contributed by atoms with Crippen LogP contribution in [0.2, 0.25) is 0 Å². The molecular formula is C29H33N7O3. The number of carbonyl (C=O) groups excluding carboxylic acids is 1. The van der Waals surface area contributed by atoms with Crippen molar-refractivity contribution >= 4 is 29.4 Å². The number of hydrogen-bond acceptors (Lipinski definition) is 8. The molecule has 2 fully saturated rings. The average molecular weight is 528 g/mol. The highest BCUT2D eigenvalue weighted by atomic mass is 16.5. The van der Waals surface area contributed by atoms with Crippen LogP contribution in [0.4, 0.5) is 0 Å².